The minimum Gasteiger partial charge on any atom is -0.388 e. The van der Waals surface area contributed by atoms with Crippen molar-refractivity contribution >= 4 is 22.5 Å². The monoisotopic (exact) mass is 295 g/mol. The van der Waals surface area contributed by atoms with Gasteiger partial charge >= 0.3 is 0 Å². The Morgan fingerprint density at radius 2 is 1.90 bits per heavy atom. The lowest BCUT2D eigenvalue weighted by Gasteiger charge is -2.13. The number of pyridine rings is 1. The molecular formula is C18H17NOS. The average Bonchev–Trinajstić information content (AvgIpc) is 2.53. The lowest BCUT2D eigenvalue weighted by molar-refractivity contribution is 0.205. The SMILES string of the molecule is Cc1ccc(SCC(O)c2cccc3cnccc23)cc1. The van der Waals surface area contributed by atoms with Crippen LogP contribution in [0.2, 0.25) is 0 Å². The molecule has 21 heavy (non-hydrogen) atoms. The number of nitrogens with zero attached hydrogens (tertiary/aromatic N) is 1. The number of hydrogen-bond donors (Lipinski definition) is 1. The van der Waals surface area contributed by atoms with Gasteiger partial charge in [-0.3, -0.25) is 4.98 Å². The van der Waals surface area contributed by atoms with Gasteiger partial charge in [-0.1, -0.05) is 35.9 Å². The van der Waals surface area contributed by atoms with Crippen LogP contribution in [-0.4, -0.2) is 15.8 Å². The molecule has 0 radical (unpaired) electrons. The van der Waals surface area contributed by atoms with E-state index in [1.165, 1.54) is 10.5 Å². The molecule has 1 N–H and O–H groups in total. The topological polar surface area (TPSA) is 33.1 Å². The standard InChI is InChI=1S/C18H17NOS/c1-13-5-7-15(8-6-13)21-12-18(20)17-4-2-3-14-11-19-10-9-16(14)17/h2-11,18,20H,12H2,1H3. The maximum Gasteiger partial charge on any atom is 0.0889 e. The highest BCUT2D eigenvalue weighted by Gasteiger charge is 2.11. The van der Waals surface area contributed by atoms with Crippen LogP contribution in [-0.2, 0) is 0 Å². The van der Waals surface area contributed by atoms with Gasteiger partial charge in [0.05, 0.1) is 6.10 Å². The van der Waals surface area contributed by atoms with Crippen molar-refractivity contribution in [1.82, 2.24) is 4.98 Å². The summed E-state index contributed by atoms with van der Waals surface area (Å²) in [6, 6.07) is 16.3. The Balaban J connectivity index is 1.78. The zero-order chi connectivity index (χ0) is 14.7. The van der Waals surface area contributed by atoms with E-state index in [1.54, 1.807) is 18.0 Å². The zero-order valence-corrected chi connectivity index (χ0v) is 12.7. The van der Waals surface area contributed by atoms with Crippen molar-refractivity contribution in [3.63, 3.8) is 0 Å². The van der Waals surface area contributed by atoms with Gasteiger partial charge in [0, 0.05) is 28.4 Å². The summed E-state index contributed by atoms with van der Waals surface area (Å²) in [5, 5.41) is 12.6. The van der Waals surface area contributed by atoms with Gasteiger partial charge in [-0.2, -0.15) is 0 Å². The Morgan fingerprint density at radius 3 is 2.71 bits per heavy atom. The van der Waals surface area contributed by atoms with Gasteiger partial charge in [0.1, 0.15) is 0 Å². The summed E-state index contributed by atoms with van der Waals surface area (Å²) >= 11 is 1.67. The molecule has 0 aliphatic carbocycles. The van der Waals surface area contributed by atoms with Gasteiger partial charge in [-0.15, -0.1) is 11.8 Å². The molecule has 0 fully saturated rings. The van der Waals surface area contributed by atoms with Gasteiger partial charge in [-0.25, -0.2) is 0 Å². The Morgan fingerprint density at radius 1 is 1.10 bits per heavy atom. The van der Waals surface area contributed by atoms with Crippen molar-refractivity contribution in [3.05, 3.63) is 72.1 Å². The van der Waals surface area contributed by atoms with E-state index in [0.29, 0.717) is 5.75 Å². The van der Waals surface area contributed by atoms with E-state index in [-0.39, 0.29) is 0 Å². The van der Waals surface area contributed by atoms with E-state index in [1.807, 2.05) is 30.5 Å². The summed E-state index contributed by atoms with van der Waals surface area (Å²) in [7, 11) is 0. The number of aromatic nitrogens is 1. The second kappa shape index (κ2) is 6.29. The Labute approximate surface area is 128 Å². The molecule has 1 heterocycles. The first-order valence-corrected chi connectivity index (χ1v) is 7.93. The van der Waals surface area contributed by atoms with Crippen LogP contribution in [0.3, 0.4) is 0 Å². The fraction of sp³-hybridized carbons (Fsp3) is 0.167. The number of fused-ring (bicyclic) bond motifs is 1. The minimum absolute atomic E-state index is 0.484. The van der Waals surface area contributed by atoms with E-state index >= 15 is 0 Å². The predicted molar refractivity (Wildman–Crippen MR) is 88.6 cm³/mol. The number of aryl methyl sites for hydroxylation is 1. The average molecular weight is 295 g/mol. The van der Waals surface area contributed by atoms with Crippen LogP contribution in [0.5, 0.6) is 0 Å². The van der Waals surface area contributed by atoms with Crippen molar-refractivity contribution in [2.45, 2.75) is 17.9 Å². The summed E-state index contributed by atoms with van der Waals surface area (Å²) < 4.78 is 0. The summed E-state index contributed by atoms with van der Waals surface area (Å²) in [4.78, 5) is 5.31. The van der Waals surface area contributed by atoms with Crippen LogP contribution >= 0.6 is 11.8 Å². The predicted octanol–water partition coefficient (Wildman–Crippen LogP) is 4.37. The summed E-state index contributed by atoms with van der Waals surface area (Å²) in [5.74, 6) is 0.643. The molecule has 0 amide bonds. The van der Waals surface area contributed by atoms with Crippen molar-refractivity contribution in [3.8, 4) is 0 Å². The van der Waals surface area contributed by atoms with Crippen LogP contribution in [0.15, 0.2) is 65.8 Å². The molecular weight excluding hydrogens is 278 g/mol. The zero-order valence-electron chi connectivity index (χ0n) is 11.9. The molecule has 3 rings (SSSR count). The quantitative estimate of drug-likeness (QED) is 0.726. The van der Waals surface area contributed by atoms with E-state index in [9.17, 15) is 5.11 Å². The van der Waals surface area contributed by atoms with Crippen molar-refractivity contribution in [2.24, 2.45) is 0 Å². The molecule has 3 aromatic rings. The molecule has 0 aliphatic heterocycles. The first-order valence-electron chi connectivity index (χ1n) is 6.94. The highest BCUT2D eigenvalue weighted by Crippen LogP contribution is 2.29. The summed E-state index contributed by atoms with van der Waals surface area (Å²) in [6.45, 7) is 2.08. The Bertz CT molecular complexity index is 734. The Kier molecular flexibility index (Phi) is 4.23. The third-order valence-electron chi connectivity index (χ3n) is 3.50. The van der Waals surface area contributed by atoms with Crippen LogP contribution in [0.4, 0.5) is 0 Å². The van der Waals surface area contributed by atoms with Gasteiger partial charge in [0.15, 0.2) is 0 Å². The van der Waals surface area contributed by atoms with Crippen molar-refractivity contribution in [2.75, 3.05) is 5.75 Å². The number of rotatable bonds is 4. The molecule has 1 aromatic heterocycles. The van der Waals surface area contributed by atoms with Gasteiger partial charge < -0.3 is 5.11 Å². The van der Waals surface area contributed by atoms with Crippen LogP contribution < -0.4 is 0 Å². The number of benzene rings is 2. The first kappa shape index (κ1) is 14.1. The first-order chi connectivity index (χ1) is 10.2. The van der Waals surface area contributed by atoms with Crippen LogP contribution in [0.1, 0.15) is 17.2 Å². The molecule has 0 aliphatic rings. The van der Waals surface area contributed by atoms with E-state index in [4.69, 9.17) is 0 Å². The molecule has 2 nitrogen and oxygen atoms in total. The van der Waals surface area contributed by atoms with E-state index < -0.39 is 6.10 Å². The van der Waals surface area contributed by atoms with Gasteiger partial charge in [0.25, 0.3) is 0 Å². The maximum atomic E-state index is 10.5. The van der Waals surface area contributed by atoms with Crippen LogP contribution in [0.25, 0.3) is 10.8 Å². The summed E-state index contributed by atoms with van der Waals surface area (Å²) in [5.41, 5.74) is 2.22. The second-order valence-electron chi connectivity index (χ2n) is 5.08. The lowest BCUT2D eigenvalue weighted by atomic mass is 10.0. The molecule has 1 unspecified atom stereocenters. The second-order valence-corrected chi connectivity index (χ2v) is 6.18. The molecule has 3 heteroatoms. The molecule has 0 saturated carbocycles. The summed E-state index contributed by atoms with van der Waals surface area (Å²) in [6.07, 6.45) is 3.12. The number of aliphatic hydroxyl groups is 1. The number of aliphatic hydroxyl groups excluding tert-OH is 1. The molecule has 0 spiro atoms. The third-order valence-corrected chi connectivity index (χ3v) is 4.59. The van der Waals surface area contributed by atoms with E-state index in [0.717, 1.165) is 16.3 Å². The largest absolute Gasteiger partial charge is 0.388 e. The van der Waals surface area contributed by atoms with Crippen molar-refractivity contribution < 1.29 is 5.11 Å². The molecule has 0 bridgehead atoms. The molecule has 2 aromatic carbocycles. The molecule has 0 saturated heterocycles. The maximum absolute atomic E-state index is 10.5. The lowest BCUT2D eigenvalue weighted by Crippen LogP contribution is -2.01. The molecule has 106 valence electrons. The Hall–Kier alpha value is -1.84. The minimum atomic E-state index is -0.484. The number of thioether (sulfide) groups is 1. The van der Waals surface area contributed by atoms with Crippen LogP contribution in [0, 0.1) is 6.92 Å². The third kappa shape index (κ3) is 3.26. The highest BCUT2D eigenvalue weighted by molar-refractivity contribution is 7.99. The molecule has 1 atom stereocenters. The number of hydrogen-bond acceptors (Lipinski definition) is 3. The normalized spacial score (nSPS) is 12.5. The van der Waals surface area contributed by atoms with E-state index in [2.05, 4.69) is 36.2 Å². The fourth-order valence-corrected chi connectivity index (χ4v) is 3.20. The fourth-order valence-electron chi connectivity index (χ4n) is 2.34. The van der Waals surface area contributed by atoms with Gasteiger partial charge in [-0.05, 0) is 36.1 Å². The van der Waals surface area contributed by atoms with Crippen molar-refractivity contribution in [1.29, 1.82) is 0 Å². The van der Waals surface area contributed by atoms with Gasteiger partial charge in [0.2, 0.25) is 0 Å². The highest BCUT2D eigenvalue weighted by atomic mass is 32.2. The smallest absolute Gasteiger partial charge is 0.0889 e.